The SMILES string of the molecule is O=C(NCCCl)N1CCSC(c2ccccc2)CC1. The van der Waals surface area contributed by atoms with Crippen molar-refractivity contribution in [1.29, 1.82) is 0 Å². The Bertz CT molecular complexity index is 402. The van der Waals surface area contributed by atoms with Gasteiger partial charge in [0.05, 0.1) is 0 Å². The molecule has 1 atom stereocenters. The Morgan fingerprint density at radius 3 is 2.89 bits per heavy atom. The van der Waals surface area contributed by atoms with E-state index < -0.39 is 0 Å². The van der Waals surface area contributed by atoms with Crippen LogP contribution in [0.15, 0.2) is 30.3 Å². The average molecular weight is 299 g/mol. The van der Waals surface area contributed by atoms with Crippen LogP contribution in [0.1, 0.15) is 17.2 Å². The van der Waals surface area contributed by atoms with Crippen molar-refractivity contribution in [3.63, 3.8) is 0 Å². The number of nitrogens with zero attached hydrogens (tertiary/aromatic N) is 1. The van der Waals surface area contributed by atoms with Crippen molar-refractivity contribution in [3.05, 3.63) is 35.9 Å². The summed E-state index contributed by atoms with van der Waals surface area (Å²) >= 11 is 7.52. The van der Waals surface area contributed by atoms with Gasteiger partial charge in [0.15, 0.2) is 0 Å². The lowest BCUT2D eigenvalue weighted by molar-refractivity contribution is 0.202. The quantitative estimate of drug-likeness (QED) is 0.870. The molecule has 2 amide bonds. The molecule has 0 saturated carbocycles. The summed E-state index contributed by atoms with van der Waals surface area (Å²) in [4.78, 5) is 13.8. The minimum absolute atomic E-state index is 0.00922. The van der Waals surface area contributed by atoms with Gasteiger partial charge in [-0.2, -0.15) is 11.8 Å². The summed E-state index contributed by atoms with van der Waals surface area (Å²) in [5.41, 5.74) is 1.36. The minimum atomic E-state index is 0.00922. The van der Waals surface area contributed by atoms with Gasteiger partial charge in [-0.15, -0.1) is 11.6 Å². The van der Waals surface area contributed by atoms with Crippen LogP contribution in [-0.2, 0) is 0 Å². The summed E-state index contributed by atoms with van der Waals surface area (Å²) < 4.78 is 0. The molecule has 1 aromatic carbocycles. The van der Waals surface area contributed by atoms with Crippen molar-refractivity contribution in [3.8, 4) is 0 Å². The number of urea groups is 1. The van der Waals surface area contributed by atoms with Gasteiger partial charge < -0.3 is 10.2 Å². The van der Waals surface area contributed by atoms with E-state index in [4.69, 9.17) is 11.6 Å². The third-order valence-corrected chi connectivity index (χ3v) is 4.69. The van der Waals surface area contributed by atoms with Crippen molar-refractivity contribution in [2.75, 3.05) is 31.3 Å². The normalized spacial score (nSPS) is 19.8. The van der Waals surface area contributed by atoms with Gasteiger partial charge in [0.2, 0.25) is 0 Å². The van der Waals surface area contributed by atoms with Gasteiger partial charge in [-0.05, 0) is 12.0 Å². The van der Waals surface area contributed by atoms with Crippen LogP contribution in [-0.4, -0.2) is 42.2 Å². The molecule has 2 rings (SSSR count). The lowest BCUT2D eigenvalue weighted by Crippen LogP contribution is -2.41. The first kappa shape index (κ1) is 14.5. The number of rotatable bonds is 3. The number of carbonyl (C=O) groups excluding carboxylic acids is 1. The van der Waals surface area contributed by atoms with Crippen molar-refractivity contribution in [2.45, 2.75) is 11.7 Å². The van der Waals surface area contributed by atoms with Crippen LogP contribution < -0.4 is 5.32 Å². The number of benzene rings is 1. The highest BCUT2D eigenvalue weighted by Crippen LogP contribution is 2.34. The Morgan fingerprint density at radius 1 is 1.37 bits per heavy atom. The van der Waals surface area contributed by atoms with E-state index in [0.29, 0.717) is 17.7 Å². The maximum Gasteiger partial charge on any atom is 0.317 e. The number of alkyl halides is 1. The zero-order valence-corrected chi connectivity index (χ0v) is 12.4. The topological polar surface area (TPSA) is 32.3 Å². The lowest BCUT2D eigenvalue weighted by atomic mass is 10.1. The smallest absolute Gasteiger partial charge is 0.317 e. The molecule has 1 aromatic rings. The maximum atomic E-state index is 11.9. The Labute approximate surface area is 123 Å². The van der Waals surface area contributed by atoms with Gasteiger partial charge in [-0.3, -0.25) is 0 Å². The number of thioether (sulfide) groups is 1. The van der Waals surface area contributed by atoms with E-state index >= 15 is 0 Å². The van der Waals surface area contributed by atoms with Crippen LogP contribution in [0.2, 0.25) is 0 Å². The molecular formula is C14H19ClN2OS. The van der Waals surface area contributed by atoms with E-state index in [-0.39, 0.29) is 6.03 Å². The number of hydrogen-bond donors (Lipinski definition) is 1. The van der Waals surface area contributed by atoms with E-state index in [1.807, 2.05) is 22.7 Å². The van der Waals surface area contributed by atoms with Gasteiger partial charge in [0.1, 0.15) is 0 Å². The summed E-state index contributed by atoms with van der Waals surface area (Å²) in [5, 5.41) is 3.32. The van der Waals surface area contributed by atoms with Gasteiger partial charge in [0, 0.05) is 36.5 Å². The van der Waals surface area contributed by atoms with Crippen LogP contribution in [0.4, 0.5) is 4.79 Å². The van der Waals surface area contributed by atoms with Gasteiger partial charge in [0.25, 0.3) is 0 Å². The molecule has 1 unspecified atom stereocenters. The number of nitrogens with one attached hydrogen (secondary N) is 1. The van der Waals surface area contributed by atoms with Crippen LogP contribution in [0.5, 0.6) is 0 Å². The molecule has 5 heteroatoms. The second-order valence-corrected chi connectivity index (χ2v) is 6.16. The van der Waals surface area contributed by atoms with E-state index in [0.717, 1.165) is 25.3 Å². The summed E-state index contributed by atoms with van der Waals surface area (Å²) in [5.74, 6) is 1.44. The molecule has 0 aromatic heterocycles. The predicted molar refractivity (Wildman–Crippen MR) is 81.9 cm³/mol. The molecule has 1 aliphatic rings. The van der Waals surface area contributed by atoms with Crippen LogP contribution in [0.25, 0.3) is 0 Å². The molecule has 0 radical (unpaired) electrons. The third kappa shape index (κ3) is 4.32. The highest BCUT2D eigenvalue weighted by molar-refractivity contribution is 7.99. The van der Waals surface area contributed by atoms with Gasteiger partial charge in [-0.25, -0.2) is 4.79 Å². The van der Waals surface area contributed by atoms with Gasteiger partial charge >= 0.3 is 6.03 Å². The van der Waals surface area contributed by atoms with Crippen molar-refractivity contribution < 1.29 is 4.79 Å². The van der Waals surface area contributed by atoms with Crippen molar-refractivity contribution in [1.82, 2.24) is 10.2 Å². The highest BCUT2D eigenvalue weighted by Gasteiger charge is 2.21. The average Bonchev–Trinajstić information content (AvgIpc) is 2.71. The monoisotopic (exact) mass is 298 g/mol. The van der Waals surface area contributed by atoms with Gasteiger partial charge in [-0.1, -0.05) is 30.3 Å². The summed E-state index contributed by atoms with van der Waals surface area (Å²) in [6, 6.07) is 10.5. The molecule has 1 heterocycles. The number of hydrogen-bond acceptors (Lipinski definition) is 2. The third-order valence-electron chi connectivity index (χ3n) is 3.17. The largest absolute Gasteiger partial charge is 0.337 e. The first-order valence-corrected chi connectivity index (χ1v) is 8.15. The van der Waals surface area contributed by atoms with Crippen LogP contribution >= 0.6 is 23.4 Å². The fourth-order valence-corrected chi connectivity index (χ4v) is 3.50. The Morgan fingerprint density at radius 2 is 2.16 bits per heavy atom. The second-order valence-electron chi connectivity index (χ2n) is 4.47. The standard InChI is InChI=1S/C14H19ClN2OS/c15-7-8-16-14(18)17-9-6-13(19-11-10-17)12-4-2-1-3-5-12/h1-5,13H,6-11H2,(H,16,18). The number of halogens is 1. The van der Waals surface area contributed by atoms with Crippen molar-refractivity contribution >= 4 is 29.4 Å². The molecule has 3 nitrogen and oxygen atoms in total. The first-order valence-electron chi connectivity index (χ1n) is 6.56. The number of amides is 2. The molecular weight excluding hydrogens is 280 g/mol. The van der Waals surface area contributed by atoms with Crippen molar-refractivity contribution in [2.24, 2.45) is 0 Å². The highest BCUT2D eigenvalue weighted by atomic mass is 35.5. The van der Waals surface area contributed by atoms with E-state index in [2.05, 4.69) is 29.6 Å². The fraction of sp³-hybridized carbons (Fsp3) is 0.500. The molecule has 1 N–H and O–H groups in total. The number of carbonyl (C=O) groups is 1. The summed E-state index contributed by atoms with van der Waals surface area (Å²) in [7, 11) is 0. The molecule has 0 aliphatic carbocycles. The second kappa shape index (κ2) is 7.65. The maximum absolute atomic E-state index is 11.9. The predicted octanol–water partition coefficient (Wildman–Crippen LogP) is 3.12. The fourth-order valence-electron chi connectivity index (χ4n) is 2.17. The zero-order valence-electron chi connectivity index (χ0n) is 10.8. The zero-order chi connectivity index (χ0) is 13.5. The molecule has 0 bridgehead atoms. The van der Waals surface area contributed by atoms with E-state index in [9.17, 15) is 4.79 Å². The summed E-state index contributed by atoms with van der Waals surface area (Å²) in [6.07, 6.45) is 1.00. The molecule has 104 valence electrons. The molecule has 1 fully saturated rings. The van der Waals surface area contributed by atoms with Crippen LogP contribution in [0.3, 0.4) is 0 Å². The first-order chi connectivity index (χ1) is 9.31. The van der Waals surface area contributed by atoms with Crippen LogP contribution in [0, 0.1) is 0 Å². The Hall–Kier alpha value is -0.870. The Balaban J connectivity index is 1.89. The molecule has 0 spiro atoms. The molecule has 1 aliphatic heterocycles. The van der Waals surface area contributed by atoms with E-state index in [1.54, 1.807) is 0 Å². The molecule has 1 saturated heterocycles. The minimum Gasteiger partial charge on any atom is -0.337 e. The Kier molecular flexibility index (Phi) is 5.86. The summed E-state index contributed by atoms with van der Waals surface area (Å²) in [6.45, 7) is 2.15. The molecule has 19 heavy (non-hydrogen) atoms. The van der Waals surface area contributed by atoms with E-state index in [1.165, 1.54) is 5.56 Å². The lowest BCUT2D eigenvalue weighted by Gasteiger charge is -2.20.